The third-order valence-corrected chi connectivity index (χ3v) is 2.23. The van der Waals surface area contributed by atoms with Crippen LogP contribution in [0.15, 0.2) is 0 Å². The average molecular weight is 201 g/mol. The van der Waals surface area contributed by atoms with Gasteiger partial charge in [-0.05, 0) is 6.42 Å². The molecule has 3 nitrogen and oxygen atoms in total. The highest BCUT2D eigenvalue weighted by Gasteiger charge is 2.11. The number of Topliss-reactive ketones (excluding diaryl/α,β-unsaturated/α-hetero) is 1. The van der Waals surface area contributed by atoms with E-state index in [9.17, 15) is 4.79 Å². The van der Waals surface area contributed by atoms with E-state index >= 15 is 0 Å². The summed E-state index contributed by atoms with van der Waals surface area (Å²) < 4.78 is 4.94. The van der Waals surface area contributed by atoms with Crippen LogP contribution in [0, 0.1) is 5.92 Å². The van der Waals surface area contributed by atoms with Gasteiger partial charge in [-0.25, -0.2) is 0 Å². The molecule has 0 radical (unpaired) electrons. The molecule has 0 aliphatic heterocycles. The number of hydrogen-bond acceptors (Lipinski definition) is 3. The highest BCUT2D eigenvalue weighted by atomic mass is 16.5. The molecule has 0 saturated heterocycles. The van der Waals surface area contributed by atoms with E-state index in [1.54, 1.807) is 7.11 Å². The van der Waals surface area contributed by atoms with Gasteiger partial charge in [-0.2, -0.15) is 0 Å². The smallest absolute Gasteiger partial charge is 0.137 e. The highest BCUT2D eigenvalue weighted by molar-refractivity contribution is 5.80. The van der Waals surface area contributed by atoms with Gasteiger partial charge in [0.05, 0.1) is 0 Å². The van der Waals surface area contributed by atoms with Gasteiger partial charge in [-0.15, -0.1) is 0 Å². The van der Waals surface area contributed by atoms with Crippen LogP contribution in [0.3, 0.4) is 0 Å². The van der Waals surface area contributed by atoms with E-state index in [0.717, 1.165) is 13.0 Å². The van der Waals surface area contributed by atoms with Gasteiger partial charge in [-0.1, -0.05) is 20.8 Å². The molecule has 0 amide bonds. The molecule has 1 atom stereocenters. The van der Waals surface area contributed by atoms with Crippen LogP contribution in [-0.4, -0.2) is 32.1 Å². The van der Waals surface area contributed by atoms with E-state index in [2.05, 4.69) is 19.2 Å². The Hall–Kier alpha value is -0.410. The fraction of sp³-hybridized carbons (Fsp3) is 0.909. The number of ether oxygens (including phenoxy) is 1. The van der Waals surface area contributed by atoms with Crippen LogP contribution in [0.4, 0.5) is 0 Å². The van der Waals surface area contributed by atoms with Crippen molar-refractivity contribution >= 4 is 5.78 Å². The molecule has 0 aliphatic carbocycles. The molecule has 3 heteroatoms. The fourth-order valence-electron chi connectivity index (χ4n) is 1.19. The third-order valence-electron chi connectivity index (χ3n) is 2.23. The van der Waals surface area contributed by atoms with Gasteiger partial charge in [0.1, 0.15) is 5.78 Å². The molecule has 0 rings (SSSR count). The maximum Gasteiger partial charge on any atom is 0.137 e. The first kappa shape index (κ1) is 13.6. The SMILES string of the molecule is COCCC(C)C(=O)CCNC(C)C. The maximum absolute atomic E-state index is 11.5. The Kier molecular flexibility index (Phi) is 7.71. The lowest BCUT2D eigenvalue weighted by molar-refractivity contribution is -0.122. The van der Waals surface area contributed by atoms with Crippen molar-refractivity contribution in [1.82, 2.24) is 5.32 Å². The van der Waals surface area contributed by atoms with Gasteiger partial charge < -0.3 is 10.1 Å². The Morgan fingerprint density at radius 2 is 2.00 bits per heavy atom. The summed E-state index contributed by atoms with van der Waals surface area (Å²) in [6, 6.07) is 0.456. The van der Waals surface area contributed by atoms with Crippen molar-refractivity contribution in [1.29, 1.82) is 0 Å². The molecule has 0 aromatic rings. The number of carbonyl (C=O) groups is 1. The number of carbonyl (C=O) groups excluding carboxylic acids is 1. The zero-order valence-electron chi connectivity index (χ0n) is 9.80. The van der Waals surface area contributed by atoms with Crippen molar-refractivity contribution in [2.45, 2.75) is 39.7 Å². The minimum atomic E-state index is 0.129. The molecule has 0 bridgehead atoms. The van der Waals surface area contributed by atoms with E-state index in [-0.39, 0.29) is 5.92 Å². The van der Waals surface area contributed by atoms with Crippen LogP contribution in [0.25, 0.3) is 0 Å². The highest BCUT2D eigenvalue weighted by Crippen LogP contribution is 2.05. The summed E-state index contributed by atoms with van der Waals surface area (Å²) in [7, 11) is 1.66. The predicted molar refractivity (Wildman–Crippen MR) is 58.4 cm³/mol. The van der Waals surface area contributed by atoms with E-state index in [4.69, 9.17) is 4.74 Å². The minimum absolute atomic E-state index is 0.129. The molecule has 84 valence electrons. The molecule has 14 heavy (non-hydrogen) atoms. The minimum Gasteiger partial charge on any atom is -0.385 e. The van der Waals surface area contributed by atoms with E-state index in [1.807, 2.05) is 6.92 Å². The lowest BCUT2D eigenvalue weighted by Gasteiger charge is -2.11. The molecular formula is C11H23NO2. The summed E-state index contributed by atoms with van der Waals surface area (Å²) in [5.41, 5.74) is 0. The Bertz CT molecular complexity index is 157. The molecule has 0 saturated carbocycles. The van der Waals surface area contributed by atoms with Crippen molar-refractivity contribution < 1.29 is 9.53 Å². The zero-order valence-corrected chi connectivity index (χ0v) is 9.80. The van der Waals surface area contributed by atoms with Gasteiger partial charge in [0, 0.05) is 38.6 Å². The lowest BCUT2D eigenvalue weighted by atomic mass is 10.0. The molecule has 0 aromatic heterocycles. The molecule has 0 heterocycles. The number of ketones is 1. The number of hydrogen-bond donors (Lipinski definition) is 1. The second kappa shape index (κ2) is 7.94. The van der Waals surface area contributed by atoms with E-state index < -0.39 is 0 Å². The number of nitrogens with one attached hydrogen (secondary N) is 1. The standard InChI is InChI=1S/C11H23NO2/c1-9(2)12-7-5-11(13)10(3)6-8-14-4/h9-10,12H,5-8H2,1-4H3. The van der Waals surface area contributed by atoms with Gasteiger partial charge in [0.25, 0.3) is 0 Å². The first-order valence-corrected chi connectivity index (χ1v) is 5.33. The molecule has 1 unspecified atom stereocenters. The molecule has 0 aliphatic rings. The van der Waals surface area contributed by atoms with Crippen molar-refractivity contribution in [3.05, 3.63) is 0 Å². The van der Waals surface area contributed by atoms with Gasteiger partial charge >= 0.3 is 0 Å². The maximum atomic E-state index is 11.5. The van der Waals surface area contributed by atoms with Crippen molar-refractivity contribution in [3.63, 3.8) is 0 Å². The monoisotopic (exact) mass is 201 g/mol. The van der Waals surface area contributed by atoms with Crippen LogP contribution >= 0.6 is 0 Å². The Morgan fingerprint density at radius 1 is 1.36 bits per heavy atom. The third kappa shape index (κ3) is 7.04. The lowest BCUT2D eigenvalue weighted by Crippen LogP contribution is -2.27. The molecule has 0 aromatic carbocycles. The summed E-state index contributed by atoms with van der Waals surface area (Å²) >= 11 is 0. The van der Waals surface area contributed by atoms with E-state index in [1.165, 1.54) is 0 Å². The second-order valence-corrected chi connectivity index (χ2v) is 4.01. The topological polar surface area (TPSA) is 38.3 Å². The number of rotatable bonds is 8. The van der Waals surface area contributed by atoms with Crippen LogP contribution in [0.2, 0.25) is 0 Å². The Morgan fingerprint density at radius 3 is 2.50 bits per heavy atom. The summed E-state index contributed by atoms with van der Waals surface area (Å²) in [6.07, 6.45) is 1.46. The first-order chi connectivity index (χ1) is 6.57. The van der Waals surface area contributed by atoms with Crippen molar-refractivity contribution in [2.75, 3.05) is 20.3 Å². The second-order valence-electron chi connectivity index (χ2n) is 4.01. The fourth-order valence-corrected chi connectivity index (χ4v) is 1.19. The molecule has 0 spiro atoms. The quantitative estimate of drug-likeness (QED) is 0.648. The predicted octanol–water partition coefficient (Wildman–Crippen LogP) is 1.62. The van der Waals surface area contributed by atoms with Crippen LogP contribution in [0.1, 0.15) is 33.6 Å². The van der Waals surface area contributed by atoms with Crippen LogP contribution in [-0.2, 0) is 9.53 Å². The number of methoxy groups -OCH3 is 1. The van der Waals surface area contributed by atoms with Crippen molar-refractivity contribution in [2.24, 2.45) is 5.92 Å². The molecule has 1 N–H and O–H groups in total. The first-order valence-electron chi connectivity index (χ1n) is 5.33. The molecular weight excluding hydrogens is 178 g/mol. The average Bonchev–Trinajstić information content (AvgIpc) is 2.13. The van der Waals surface area contributed by atoms with Crippen LogP contribution < -0.4 is 5.32 Å². The van der Waals surface area contributed by atoms with E-state index in [0.29, 0.717) is 24.9 Å². The zero-order chi connectivity index (χ0) is 11.0. The van der Waals surface area contributed by atoms with Gasteiger partial charge in [-0.3, -0.25) is 4.79 Å². The van der Waals surface area contributed by atoms with Crippen LogP contribution in [0.5, 0.6) is 0 Å². The van der Waals surface area contributed by atoms with Gasteiger partial charge in [0.2, 0.25) is 0 Å². The largest absolute Gasteiger partial charge is 0.385 e. The normalized spacial score (nSPS) is 13.2. The summed E-state index contributed by atoms with van der Waals surface area (Å²) in [5, 5.41) is 3.24. The molecule has 0 fully saturated rings. The Balaban J connectivity index is 3.52. The summed E-state index contributed by atoms with van der Waals surface area (Å²) in [6.45, 7) is 7.59. The summed E-state index contributed by atoms with van der Waals surface area (Å²) in [4.78, 5) is 11.5. The summed E-state index contributed by atoms with van der Waals surface area (Å²) in [5.74, 6) is 0.458. The van der Waals surface area contributed by atoms with Gasteiger partial charge in [0.15, 0.2) is 0 Å². The Labute approximate surface area is 87.2 Å². The van der Waals surface area contributed by atoms with Crippen molar-refractivity contribution in [3.8, 4) is 0 Å².